The number of amides is 2. The van der Waals surface area contributed by atoms with Crippen molar-refractivity contribution in [3.8, 4) is 0 Å². The van der Waals surface area contributed by atoms with E-state index < -0.39 is 11.5 Å². The van der Waals surface area contributed by atoms with Gasteiger partial charge in [-0.2, -0.15) is 0 Å². The maximum absolute atomic E-state index is 11.7. The van der Waals surface area contributed by atoms with Gasteiger partial charge < -0.3 is 20.1 Å². The summed E-state index contributed by atoms with van der Waals surface area (Å²) >= 11 is 0. The number of nitrogens with zero attached hydrogens (tertiary/aromatic N) is 1. The second-order valence-corrected chi connectivity index (χ2v) is 4.00. The second kappa shape index (κ2) is 5.27. The molecule has 92 valence electrons. The third-order valence-electron chi connectivity index (χ3n) is 2.67. The molecule has 1 aliphatic heterocycles. The van der Waals surface area contributed by atoms with Gasteiger partial charge in [-0.05, 0) is 6.92 Å². The van der Waals surface area contributed by atoms with Crippen molar-refractivity contribution < 1.29 is 19.1 Å². The van der Waals surface area contributed by atoms with Gasteiger partial charge in [0.1, 0.15) is 0 Å². The summed E-state index contributed by atoms with van der Waals surface area (Å²) in [6, 6.07) is 0. The summed E-state index contributed by atoms with van der Waals surface area (Å²) in [6.45, 7) is 3.02. The van der Waals surface area contributed by atoms with Crippen LogP contribution in [0.2, 0.25) is 0 Å². The summed E-state index contributed by atoms with van der Waals surface area (Å²) in [5.74, 6) is -0.589. The number of rotatable bonds is 4. The Morgan fingerprint density at radius 2 is 2.25 bits per heavy atom. The Morgan fingerprint density at radius 3 is 2.81 bits per heavy atom. The Kier molecular flexibility index (Phi) is 4.26. The van der Waals surface area contributed by atoms with E-state index in [0.29, 0.717) is 26.2 Å². The maximum atomic E-state index is 11.7. The van der Waals surface area contributed by atoms with Crippen LogP contribution >= 0.6 is 0 Å². The molecular formula is C10H18N2O4. The molecule has 0 radical (unpaired) electrons. The van der Waals surface area contributed by atoms with Gasteiger partial charge in [0.2, 0.25) is 5.91 Å². The van der Waals surface area contributed by atoms with Crippen LogP contribution in [-0.2, 0) is 19.1 Å². The molecule has 0 bridgehead atoms. The van der Waals surface area contributed by atoms with Crippen LogP contribution in [0.3, 0.4) is 0 Å². The van der Waals surface area contributed by atoms with Crippen LogP contribution in [0.25, 0.3) is 0 Å². The van der Waals surface area contributed by atoms with Gasteiger partial charge in [0.05, 0.1) is 26.2 Å². The number of nitrogens with two attached hydrogens (primary N) is 1. The number of primary amides is 1. The molecule has 2 N–H and O–H groups in total. The smallest absolute Gasteiger partial charge is 0.251 e. The predicted octanol–water partition coefficient (Wildman–Crippen LogP) is -0.874. The van der Waals surface area contributed by atoms with Crippen LogP contribution in [-0.4, -0.2) is 55.7 Å². The van der Waals surface area contributed by atoms with Crippen LogP contribution < -0.4 is 5.73 Å². The normalized spacial score (nSPS) is 25.5. The molecule has 1 unspecified atom stereocenters. The van der Waals surface area contributed by atoms with Crippen molar-refractivity contribution in [3.05, 3.63) is 0 Å². The Morgan fingerprint density at radius 1 is 1.56 bits per heavy atom. The lowest BCUT2D eigenvalue weighted by Crippen LogP contribution is -2.58. The minimum Gasteiger partial charge on any atom is -0.384 e. The molecule has 1 rings (SSSR count). The molecule has 1 fully saturated rings. The monoisotopic (exact) mass is 230 g/mol. The highest BCUT2D eigenvalue weighted by atomic mass is 16.5. The van der Waals surface area contributed by atoms with E-state index in [1.165, 1.54) is 0 Å². The lowest BCUT2D eigenvalue weighted by Gasteiger charge is -2.38. The maximum Gasteiger partial charge on any atom is 0.251 e. The van der Waals surface area contributed by atoms with Crippen molar-refractivity contribution in [3.63, 3.8) is 0 Å². The Labute approximate surface area is 94.7 Å². The zero-order valence-electron chi connectivity index (χ0n) is 9.69. The fourth-order valence-electron chi connectivity index (χ4n) is 1.58. The van der Waals surface area contributed by atoms with Crippen molar-refractivity contribution in [2.45, 2.75) is 18.9 Å². The molecule has 1 aliphatic rings. The van der Waals surface area contributed by atoms with E-state index in [2.05, 4.69) is 0 Å². The topological polar surface area (TPSA) is 81.9 Å². The van der Waals surface area contributed by atoms with E-state index >= 15 is 0 Å². The largest absolute Gasteiger partial charge is 0.384 e. The highest BCUT2D eigenvalue weighted by Crippen LogP contribution is 2.17. The molecule has 0 aromatic carbocycles. The molecule has 6 nitrogen and oxygen atoms in total. The summed E-state index contributed by atoms with van der Waals surface area (Å²) in [5.41, 5.74) is 4.17. The molecule has 16 heavy (non-hydrogen) atoms. The van der Waals surface area contributed by atoms with Gasteiger partial charge in [-0.15, -0.1) is 0 Å². The standard InChI is InChI=1S/C10H18N2O4/c1-10(9(11)14)7-12(4-6-16-10)8(13)3-5-15-2/h3-7H2,1-2H3,(H2,11,14). The van der Waals surface area contributed by atoms with Gasteiger partial charge in [0.15, 0.2) is 5.60 Å². The predicted molar refractivity (Wildman–Crippen MR) is 56.6 cm³/mol. The van der Waals surface area contributed by atoms with Gasteiger partial charge in [0.25, 0.3) is 5.91 Å². The molecule has 1 atom stereocenters. The van der Waals surface area contributed by atoms with Crippen LogP contribution in [0.15, 0.2) is 0 Å². The number of morpholine rings is 1. The van der Waals surface area contributed by atoms with Crippen molar-refractivity contribution >= 4 is 11.8 Å². The number of hydrogen-bond acceptors (Lipinski definition) is 4. The lowest BCUT2D eigenvalue weighted by atomic mass is 10.0. The van der Waals surface area contributed by atoms with Crippen molar-refractivity contribution in [2.24, 2.45) is 5.73 Å². The van der Waals surface area contributed by atoms with Gasteiger partial charge in [0, 0.05) is 13.7 Å². The summed E-state index contributed by atoms with van der Waals surface area (Å²) in [6.07, 6.45) is 0.311. The highest BCUT2D eigenvalue weighted by molar-refractivity contribution is 5.85. The average molecular weight is 230 g/mol. The van der Waals surface area contributed by atoms with E-state index in [-0.39, 0.29) is 12.5 Å². The molecule has 6 heteroatoms. The quantitative estimate of drug-likeness (QED) is 0.680. The van der Waals surface area contributed by atoms with Crippen LogP contribution in [0.4, 0.5) is 0 Å². The van der Waals surface area contributed by atoms with Crippen molar-refractivity contribution in [1.82, 2.24) is 4.90 Å². The van der Waals surface area contributed by atoms with Crippen molar-refractivity contribution in [2.75, 3.05) is 33.4 Å². The molecule has 1 saturated heterocycles. The molecule has 0 aliphatic carbocycles. The van der Waals surface area contributed by atoms with E-state index in [4.69, 9.17) is 15.2 Å². The molecule has 1 heterocycles. The van der Waals surface area contributed by atoms with Gasteiger partial charge in [-0.25, -0.2) is 0 Å². The Bertz CT molecular complexity index is 282. The fraction of sp³-hybridized carbons (Fsp3) is 0.800. The number of carbonyl (C=O) groups is 2. The number of ether oxygens (including phenoxy) is 2. The van der Waals surface area contributed by atoms with Gasteiger partial charge >= 0.3 is 0 Å². The second-order valence-electron chi connectivity index (χ2n) is 4.00. The minimum atomic E-state index is -1.07. The molecular weight excluding hydrogens is 212 g/mol. The molecule has 0 aromatic rings. The summed E-state index contributed by atoms with van der Waals surface area (Å²) in [4.78, 5) is 24.5. The zero-order chi connectivity index (χ0) is 12.2. The molecule has 2 amide bonds. The molecule has 0 aromatic heterocycles. The SMILES string of the molecule is COCCC(=O)N1CCOC(C)(C(N)=O)C1. The third kappa shape index (κ3) is 2.93. The third-order valence-corrected chi connectivity index (χ3v) is 2.67. The summed E-state index contributed by atoms with van der Waals surface area (Å²) < 4.78 is 10.1. The van der Waals surface area contributed by atoms with Crippen LogP contribution in [0.5, 0.6) is 0 Å². The van der Waals surface area contributed by atoms with E-state index in [1.54, 1.807) is 18.9 Å². The average Bonchev–Trinajstić information content (AvgIpc) is 2.25. The number of methoxy groups -OCH3 is 1. The van der Waals surface area contributed by atoms with Crippen molar-refractivity contribution in [1.29, 1.82) is 0 Å². The summed E-state index contributed by atoms with van der Waals surface area (Å²) in [5, 5.41) is 0. The van der Waals surface area contributed by atoms with Crippen LogP contribution in [0.1, 0.15) is 13.3 Å². The zero-order valence-corrected chi connectivity index (χ0v) is 9.69. The Hall–Kier alpha value is -1.14. The number of hydrogen-bond donors (Lipinski definition) is 1. The fourth-order valence-corrected chi connectivity index (χ4v) is 1.58. The molecule has 0 saturated carbocycles. The first-order chi connectivity index (χ1) is 7.49. The van der Waals surface area contributed by atoms with Gasteiger partial charge in [-0.3, -0.25) is 9.59 Å². The van der Waals surface area contributed by atoms with E-state index in [1.807, 2.05) is 0 Å². The lowest BCUT2D eigenvalue weighted by molar-refractivity contribution is -0.160. The number of carbonyl (C=O) groups excluding carboxylic acids is 2. The molecule has 0 spiro atoms. The highest BCUT2D eigenvalue weighted by Gasteiger charge is 2.38. The first-order valence-corrected chi connectivity index (χ1v) is 5.20. The van der Waals surface area contributed by atoms with E-state index in [9.17, 15) is 9.59 Å². The van der Waals surface area contributed by atoms with Gasteiger partial charge in [-0.1, -0.05) is 0 Å². The van der Waals surface area contributed by atoms with E-state index in [0.717, 1.165) is 0 Å². The van der Waals surface area contributed by atoms with Crippen LogP contribution in [0, 0.1) is 0 Å². The first-order valence-electron chi connectivity index (χ1n) is 5.20. The summed E-state index contributed by atoms with van der Waals surface area (Å²) in [7, 11) is 1.54. The minimum absolute atomic E-state index is 0.0439. The Balaban J connectivity index is 2.56. The first kappa shape index (κ1) is 12.9.